The van der Waals surface area contributed by atoms with Gasteiger partial charge in [-0.2, -0.15) is 0 Å². The van der Waals surface area contributed by atoms with Crippen LogP contribution < -0.4 is 5.32 Å². The number of anilines is 1. The van der Waals surface area contributed by atoms with E-state index >= 15 is 0 Å². The van der Waals surface area contributed by atoms with Crippen LogP contribution in [0.2, 0.25) is 0 Å². The number of nitrogens with zero attached hydrogens (tertiary/aromatic N) is 1. The van der Waals surface area contributed by atoms with Gasteiger partial charge in [0.2, 0.25) is 5.91 Å². The first-order valence-corrected chi connectivity index (χ1v) is 8.05. The summed E-state index contributed by atoms with van der Waals surface area (Å²) < 4.78 is 0. The van der Waals surface area contributed by atoms with Crippen LogP contribution in [0.5, 0.6) is 0 Å². The third-order valence-electron chi connectivity index (χ3n) is 3.36. The molecule has 0 bridgehead atoms. The number of hydrogen-bond acceptors (Lipinski definition) is 4. The highest BCUT2D eigenvalue weighted by atomic mass is 32.2. The second kappa shape index (κ2) is 7.45. The number of pyridine rings is 1. The van der Waals surface area contributed by atoms with E-state index in [1.54, 1.807) is 18.0 Å². The van der Waals surface area contributed by atoms with E-state index in [4.69, 9.17) is 0 Å². The summed E-state index contributed by atoms with van der Waals surface area (Å²) in [4.78, 5) is 17.2. The van der Waals surface area contributed by atoms with Crippen molar-refractivity contribution in [2.24, 2.45) is 0 Å². The summed E-state index contributed by atoms with van der Waals surface area (Å²) in [5.41, 5.74) is 1.11. The molecule has 0 aromatic carbocycles. The Morgan fingerprint density at radius 3 is 3.05 bits per heavy atom. The lowest BCUT2D eigenvalue weighted by Gasteiger charge is -2.08. The van der Waals surface area contributed by atoms with Crippen molar-refractivity contribution in [3.63, 3.8) is 0 Å². The van der Waals surface area contributed by atoms with Crippen LogP contribution in [0, 0.1) is 0 Å². The van der Waals surface area contributed by atoms with Gasteiger partial charge in [0, 0.05) is 17.5 Å². The molecule has 108 valence electrons. The molecule has 1 aliphatic rings. The smallest absolute Gasteiger partial charge is 0.229 e. The first kappa shape index (κ1) is 15.1. The van der Waals surface area contributed by atoms with Gasteiger partial charge in [-0.05, 0) is 44.1 Å². The minimum absolute atomic E-state index is 0.0444. The van der Waals surface area contributed by atoms with Crippen LogP contribution in [0.1, 0.15) is 32.1 Å². The highest BCUT2D eigenvalue weighted by Gasteiger charge is 2.13. The summed E-state index contributed by atoms with van der Waals surface area (Å²) in [6.45, 7) is 0. The summed E-state index contributed by atoms with van der Waals surface area (Å²) in [6, 6.07) is 3.75. The van der Waals surface area contributed by atoms with Gasteiger partial charge >= 0.3 is 0 Å². The lowest BCUT2D eigenvalue weighted by atomic mass is 10.1. The van der Waals surface area contributed by atoms with Gasteiger partial charge in [-0.1, -0.05) is 11.6 Å². The van der Waals surface area contributed by atoms with E-state index in [2.05, 4.69) is 16.4 Å². The third-order valence-corrected chi connectivity index (χ3v) is 4.07. The molecule has 2 rings (SSSR count). The molecule has 0 unspecified atom stereocenters. The highest BCUT2D eigenvalue weighted by Crippen LogP contribution is 2.21. The van der Waals surface area contributed by atoms with Crippen LogP contribution in [0.4, 0.5) is 5.82 Å². The molecule has 4 nitrogen and oxygen atoms in total. The maximum atomic E-state index is 12.0. The topological polar surface area (TPSA) is 62.2 Å². The zero-order valence-corrected chi connectivity index (χ0v) is 12.4. The number of thioether (sulfide) groups is 1. The Balaban J connectivity index is 1.86. The lowest BCUT2D eigenvalue weighted by Crippen LogP contribution is -2.13. The minimum Gasteiger partial charge on any atom is -0.393 e. The molecule has 2 N–H and O–H groups in total. The van der Waals surface area contributed by atoms with Gasteiger partial charge in [-0.15, -0.1) is 11.8 Å². The van der Waals surface area contributed by atoms with Crippen molar-refractivity contribution >= 4 is 23.5 Å². The summed E-state index contributed by atoms with van der Waals surface area (Å²) in [5.74, 6) is 0.541. The van der Waals surface area contributed by atoms with Gasteiger partial charge in [0.25, 0.3) is 0 Å². The fraction of sp³-hybridized carbons (Fsp3) is 0.467. The molecule has 0 aliphatic heterocycles. The third kappa shape index (κ3) is 4.65. The Kier molecular flexibility index (Phi) is 5.61. The number of carbonyl (C=O) groups is 1. The number of allylic oxidation sites excluding steroid dienone is 1. The molecule has 5 heteroatoms. The maximum absolute atomic E-state index is 12.0. The largest absolute Gasteiger partial charge is 0.393 e. The first-order valence-electron chi connectivity index (χ1n) is 6.83. The Labute approximate surface area is 123 Å². The van der Waals surface area contributed by atoms with E-state index < -0.39 is 0 Å². The summed E-state index contributed by atoms with van der Waals surface area (Å²) in [6.07, 6.45) is 9.18. The number of amides is 1. The van der Waals surface area contributed by atoms with Crippen molar-refractivity contribution in [1.82, 2.24) is 4.98 Å². The molecular formula is C15H20N2O2S. The number of aromatic nitrogens is 1. The average molecular weight is 292 g/mol. The van der Waals surface area contributed by atoms with E-state index in [1.807, 2.05) is 18.4 Å². The van der Waals surface area contributed by atoms with Gasteiger partial charge in [0.1, 0.15) is 5.82 Å². The maximum Gasteiger partial charge on any atom is 0.229 e. The molecule has 1 atom stereocenters. The fourth-order valence-corrected chi connectivity index (χ4v) is 2.57. The Morgan fingerprint density at radius 1 is 1.50 bits per heavy atom. The Bertz CT molecular complexity index is 485. The number of hydrogen-bond donors (Lipinski definition) is 2. The molecule has 20 heavy (non-hydrogen) atoms. The first-order chi connectivity index (χ1) is 9.67. The molecule has 1 aliphatic carbocycles. The van der Waals surface area contributed by atoms with E-state index in [9.17, 15) is 9.90 Å². The molecule has 0 radical (unpaired) electrons. The van der Waals surface area contributed by atoms with Crippen molar-refractivity contribution in [2.45, 2.75) is 43.1 Å². The van der Waals surface area contributed by atoms with Crippen molar-refractivity contribution in [2.75, 3.05) is 11.6 Å². The fourth-order valence-electron chi connectivity index (χ4n) is 2.21. The number of carbonyl (C=O) groups excluding carboxylic acids is 1. The summed E-state index contributed by atoms with van der Waals surface area (Å²) in [7, 11) is 0. The quantitative estimate of drug-likeness (QED) is 0.661. The monoisotopic (exact) mass is 292 g/mol. The van der Waals surface area contributed by atoms with Crippen molar-refractivity contribution in [1.29, 1.82) is 0 Å². The van der Waals surface area contributed by atoms with Crippen LogP contribution >= 0.6 is 11.8 Å². The molecule has 1 aromatic rings. The Morgan fingerprint density at radius 2 is 2.35 bits per heavy atom. The summed E-state index contributed by atoms with van der Waals surface area (Å²) >= 11 is 1.62. The normalized spacial score (nSPS) is 19.1. The highest BCUT2D eigenvalue weighted by molar-refractivity contribution is 7.98. The Hall–Kier alpha value is -1.33. The molecular weight excluding hydrogens is 272 g/mol. The molecule has 1 aromatic heterocycles. The van der Waals surface area contributed by atoms with Gasteiger partial charge in [-0.3, -0.25) is 4.79 Å². The van der Waals surface area contributed by atoms with Gasteiger partial charge in [0.15, 0.2) is 0 Å². The van der Waals surface area contributed by atoms with E-state index in [0.717, 1.165) is 36.2 Å². The van der Waals surface area contributed by atoms with E-state index in [0.29, 0.717) is 12.2 Å². The second-order valence-electron chi connectivity index (χ2n) is 4.94. The number of nitrogens with one attached hydrogen (secondary N) is 1. The van der Waals surface area contributed by atoms with Crippen molar-refractivity contribution < 1.29 is 9.90 Å². The SMILES string of the molecule is CSc1ccc(NC(=O)CC2=CCC[C@H](O)CC2)nc1. The van der Waals surface area contributed by atoms with Crippen molar-refractivity contribution in [3.05, 3.63) is 30.0 Å². The van der Waals surface area contributed by atoms with Gasteiger partial charge < -0.3 is 10.4 Å². The molecule has 1 heterocycles. The number of aliphatic hydroxyl groups excluding tert-OH is 1. The average Bonchev–Trinajstić information content (AvgIpc) is 2.64. The van der Waals surface area contributed by atoms with Crippen LogP contribution in [-0.4, -0.2) is 28.4 Å². The van der Waals surface area contributed by atoms with E-state index in [1.165, 1.54) is 0 Å². The zero-order chi connectivity index (χ0) is 14.4. The molecule has 1 amide bonds. The number of aliphatic hydroxyl groups is 1. The van der Waals surface area contributed by atoms with Crippen LogP contribution in [0.3, 0.4) is 0 Å². The van der Waals surface area contributed by atoms with Crippen molar-refractivity contribution in [3.8, 4) is 0 Å². The molecule has 0 spiro atoms. The van der Waals surface area contributed by atoms with Crippen LogP contribution in [0.25, 0.3) is 0 Å². The minimum atomic E-state index is -0.229. The molecule has 0 saturated carbocycles. The predicted molar refractivity (Wildman–Crippen MR) is 81.8 cm³/mol. The predicted octanol–water partition coefficient (Wildman–Crippen LogP) is 2.99. The van der Waals surface area contributed by atoms with E-state index in [-0.39, 0.29) is 12.0 Å². The lowest BCUT2D eigenvalue weighted by molar-refractivity contribution is -0.115. The number of rotatable bonds is 4. The zero-order valence-electron chi connectivity index (χ0n) is 11.6. The second-order valence-corrected chi connectivity index (χ2v) is 5.82. The standard InChI is InChI=1S/C15H20N2O2S/c1-20-13-7-8-14(16-10-13)17-15(19)9-11-3-2-4-12(18)6-5-11/h3,7-8,10,12,18H,2,4-6,9H2,1H3,(H,16,17,19)/t12-/m0/s1. The summed E-state index contributed by atoms with van der Waals surface area (Å²) in [5, 5.41) is 12.4. The van der Waals surface area contributed by atoms with Crippen LogP contribution in [0.15, 0.2) is 34.9 Å². The van der Waals surface area contributed by atoms with Gasteiger partial charge in [-0.25, -0.2) is 4.98 Å². The van der Waals surface area contributed by atoms with Crippen LogP contribution in [-0.2, 0) is 4.79 Å². The molecule has 0 fully saturated rings. The molecule has 0 saturated heterocycles. The van der Waals surface area contributed by atoms with Gasteiger partial charge in [0.05, 0.1) is 6.10 Å².